The van der Waals surface area contributed by atoms with E-state index in [1.54, 1.807) is 0 Å². The van der Waals surface area contributed by atoms with Crippen LogP contribution in [0.25, 0.3) is 77.2 Å². The number of para-hydroxylation sites is 5. The number of hydrogen-bond donors (Lipinski definition) is 0. The van der Waals surface area contributed by atoms with Gasteiger partial charge < -0.3 is 9.13 Å². The molecular formula is C44H26N4. The Kier molecular flexibility index (Phi) is 6.22. The van der Waals surface area contributed by atoms with Gasteiger partial charge in [0.05, 0.1) is 38.9 Å². The van der Waals surface area contributed by atoms with E-state index in [-0.39, 0.29) is 0 Å². The minimum Gasteiger partial charge on any atom is -0.309 e. The molecule has 7 aromatic carbocycles. The first-order valence-electron chi connectivity index (χ1n) is 15.9. The highest BCUT2D eigenvalue weighted by molar-refractivity contribution is 6.11. The third-order valence-corrected chi connectivity index (χ3v) is 9.44. The topological polar surface area (TPSA) is 57.4 Å². The average Bonchev–Trinajstić information content (AvgIpc) is 3.68. The predicted octanol–water partition coefficient (Wildman–Crippen LogP) is 11.0. The summed E-state index contributed by atoms with van der Waals surface area (Å²) >= 11 is 0. The second kappa shape index (κ2) is 10.9. The Morgan fingerprint density at radius 1 is 0.396 bits per heavy atom. The third kappa shape index (κ3) is 4.01. The minimum absolute atomic E-state index is 0.627. The fraction of sp³-hybridized carbons (Fsp3) is 0. The van der Waals surface area contributed by atoms with Crippen LogP contribution in [0.2, 0.25) is 0 Å². The SMILES string of the molecule is N#Cc1c(-c2ccc(-n3c4ccccc4c4cccc(C#N)c43)cc2)cccc1-c1ccccc1-n1c2ccccc2c2ccccc21. The highest BCUT2D eigenvalue weighted by Gasteiger charge is 2.19. The molecule has 9 aromatic rings. The van der Waals surface area contributed by atoms with Crippen molar-refractivity contribution in [2.45, 2.75) is 0 Å². The molecule has 0 N–H and O–H groups in total. The predicted molar refractivity (Wildman–Crippen MR) is 195 cm³/mol. The van der Waals surface area contributed by atoms with Gasteiger partial charge in [0, 0.05) is 43.9 Å². The molecule has 222 valence electrons. The second-order valence-corrected chi connectivity index (χ2v) is 11.9. The van der Waals surface area contributed by atoms with E-state index in [4.69, 9.17) is 0 Å². The summed E-state index contributed by atoms with van der Waals surface area (Å²) in [6, 6.07) is 58.8. The fourth-order valence-corrected chi connectivity index (χ4v) is 7.38. The van der Waals surface area contributed by atoms with Gasteiger partial charge in [-0.1, -0.05) is 115 Å². The first kappa shape index (κ1) is 27.4. The zero-order valence-corrected chi connectivity index (χ0v) is 25.8. The van der Waals surface area contributed by atoms with E-state index in [9.17, 15) is 10.5 Å². The maximum atomic E-state index is 10.7. The molecule has 0 unspecified atom stereocenters. The molecule has 4 nitrogen and oxygen atoms in total. The quantitative estimate of drug-likeness (QED) is 0.199. The molecule has 2 heterocycles. The number of fused-ring (bicyclic) bond motifs is 6. The van der Waals surface area contributed by atoms with E-state index in [2.05, 4.69) is 130 Å². The molecule has 0 bridgehead atoms. The molecule has 0 saturated heterocycles. The van der Waals surface area contributed by atoms with Gasteiger partial charge in [-0.15, -0.1) is 0 Å². The minimum atomic E-state index is 0.627. The summed E-state index contributed by atoms with van der Waals surface area (Å²) in [6.07, 6.45) is 0. The molecule has 0 aliphatic heterocycles. The van der Waals surface area contributed by atoms with Crippen LogP contribution in [0.3, 0.4) is 0 Å². The van der Waals surface area contributed by atoms with E-state index in [1.165, 1.54) is 10.8 Å². The summed E-state index contributed by atoms with van der Waals surface area (Å²) in [5.41, 5.74) is 11.1. The van der Waals surface area contributed by atoms with Crippen LogP contribution in [-0.2, 0) is 0 Å². The van der Waals surface area contributed by atoms with Crippen LogP contribution < -0.4 is 0 Å². The maximum absolute atomic E-state index is 10.7. The van der Waals surface area contributed by atoms with Crippen molar-refractivity contribution >= 4 is 43.6 Å². The molecule has 9 rings (SSSR count). The van der Waals surface area contributed by atoms with Gasteiger partial charge in [0.15, 0.2) is 0 Å². The van der Waals surface area contributed by atoms with Gasteiger partial charge in [-0.2, -0.15) is 10.5 Å². The smallest absolute Gasteiger partial charge is 0.101 e. The van der Waals surface area contributed by atoms with E-state index >= 15 is 0 Å². The molecule has 0 aliphatic carbocycles. The summed E-state index contributed by atoms with van der Waals surface area (Å²) in [6.45, 7) is 0. The molecule has 0 fully saturated rings. The first-order valence-corrected chi connectivity index (χ1v) is 15.9. The lowest BCUT2D eigenvalue weighted by atomic mass is 9.91. The van der Waals surface area contributed by atoms with Crippen molar-refractivity contribution in [3.8, 4) is 45.8 Å². The van der Waals surface area contributed by atoms with Gasteiger partial charge in [0.2, 0.25) is 0 Å². The van der Waals surface area contributed by atoms with Crippen molar-refractivity contribution in [2.75, 3.05) is 0 Å². The van der Waals surface area contributed by atoms with Gasteiger partial charge in [0.25, 0.3) is 0 Å². The Labute approximate surface area is 277 Å². The van der Waals surface area contributed by atoms with Crippen LogP contribution in [0, 0.1) is 22.7 Å². The summed E-state index contributed by atoms with van der Waals surface area (Å²) in [4.78, 5) is 0. The van der Waals surface area contributed by atoms with Crippen molar-refractivity contribution in [1.29, 1.82) is 10.5 Å². The van der Waals surface area contributed by atoms with Crippen molar-refractivity contribution in [3.05, 3.63) is 169 Å². The standard InChI is InChI=1S/C44H26N4/c45-27-30-11-9-18-38-37-15-4-5-19-40(37)47(44(30)38)31-25-23-29(24-26-31)32-16-10-17-33(39(32)28-46)34-12-1-6-20-41(34)48-42-21-7-2-13-35(42)36-14-3-8-22-43(36)48/h1-26H. The summed E-state index contributed by atoms with van der Waals surface area (Å²) in [5, 5.41) is 25.2. The third-order valence-electron chi connectivity index (χ3n) is 9.44. The molecule has 0 radical (unpaired) electrons. The zero-order valence-electron chi connectivity index (χ0n) is 25.8. The lowest BCUT2D eigenvalue weighted by Gasteiger charge is -2.17. The number of hydrogen-bond acceptors (Lipinski definition) is 2. The van der Waals surface area contributed by atoms with E-state index in [0.717, 1.165) is 66.5 Å². The van der Waals surface area contributed by atoms with Gasteiger partial charge in [-0.05, 0) is 48.0 Å². The summed E-state index contributed by atoms with van der Waals surface area (Å²) < 4.78 is 4.47. The maximum Gasteiger partial charge on any atom is 0.101 e. The molecule has 2 aromatic heterocycles. The normalized spacial score (nSPS) is 11.3. The van der Waals surface area contributed by atoms with E-state index in [1.807, 2.05) is 48.5 Å². The van der Waals surface area contributed by atoms with Gasteiger partial charge in [0.1, 0.15) is 12.1 Å². The average molecular weight is 611 g/mol. The number of nitrogens with zero attached hydrogens (tertiary/aromatic N) is 4. The number of aromatic nitrogens is 2. The first-order chi connectivity index (χ1) is 23.8. The Morgan fingerprint density at radius 2 is 0.917 bits per heavy atom. The van der Waals surface area contributed by atoms with Crippen molar-refractivity contribution < 1.29 is 0 Å². The largest absolute Gasteiger partial charge is 0.309 e. The molecule has 48 heavy (non-hydrogen) atoms. The lowest BCUT2D eigenvalue weighted by Crippen LogP contribution is -1.99. The van der Waals surface area contributed by atoms with Crippen molar-refractivity contribution in [1.82, 2.24) is 9.13 Å². The van der Waals surface area contributed by atoms with E-state index < -0.39 is 0 Å². The van der Waals surface area contributed by atoms with Crippen molar-refractivity contribution in [3.63, 3.8) is 0 Å². The molecule has 0 atom stereocenters. The molecule has 0 amide bonds. The Bertz CT molecular complexity index is 2750. The molecule has 0 saturated carbocycles. The number of rotatable bonds is 4. The number of nitriles is 2. The van der Waals surface area contributed by atoms with E-state index in [0.29, 0.717) is 11.1 Å². The van der Waals surface area contributed by atoms with Gasteiger partial charge in [-0.25, -0.2) is 0 Å². The van der Waals surface area contributed by atoms with Crippen molar-refractivity contribution in [2.24, 2.45) is 0 Å². The van der Waals surface area contributed by atoms with Crippen LogP contribution in [0.5, 0.6) is 0 Å². The molecule has 0 aliphatic rings. The summed E-state index contributed by atoms with van der Waals surface area (Å²) in [7, 11) is 0. The Morgan fingerprint density at radius 3 is 1.58 bits per heavy atom. The lowest BCUT2D eigenvalue weighted by molar-refractivity contribution is 1.18. The fourth-order valence-electron chi connectivity index (χ4n) is 7.38. The van der Waals surface area contributed by atoms with Crippen LogP contribution in [0.4, 0.5) is 0 Å². The zero-order chi connectivity index (χ0) is 32.2. The van der Waals surface area contributed by atoms with Crippen LogP contribution in [-0.4, -0.2) is 9.13 Å². The highest BCUT2D eigenvalue weighted by Crippen LogP contribution is 2.40. The Hall–Kier alpha value is -6.88. The molecular weight excluding hydrogens is 585 g/mol. The number of benzene rings is 7. The van der Waals surface area contributed by atoms with Crippen LogP contribution in [0.15, 0.2) is 158 Å². The molecule has 4 heteroatoms. The Balaban J connectivity index is 1.21. The summed E-state index contributed by atoms with van der Waals surface area (Å²) in [5.74, 6) is 0. The van der Waals surface area contributed by atoms with Gasteiger partial charge >= 0.3 is 0 Å². The second-order valence-electron chi connectivity index (χ2n) is 11.9. The van der Waals surface area contributed by atoms with Gasteiger partial charge in [-0.3, -0.25) is 0 Å². The molecule has 0 spiro atoms. The van der Waals surface area contributed by atoms with Crippen LogP contribution >= 0.6 is 0 Å². The van der Waals surface area contributed by atoms with Crippen LogP contribution in [0.1, 0.15) is 11.1 Å². The monoisotopic (exact) mass is 610 g/mol. The highest BCUT2D eigenvalue weighted by atomic mass is 15.0.